The van der Waals surface area contributed by atoms with Gasteiger partial charge in [-0.3, -0.25) is 0 Å². The largest absolute Gasteiger partial charge is 0.0622 e. The first-order valence-corrected chi connectivity index (χ1v) is 10.4. The van der Waals surface area contributed by atoms with Crippen LogP contribution >= 0.6 is 0 Å². The normalized spacial score (nSPS) is 11.3. The summed E-state index contributed by atoms with van der Waals surface area (Å²) in [5.41, 5.74) is 5.11. The number of fused-ring (bicyclic) bond motifs is 3. The average molecular weight is 380 g/mol. The van der Waals surface area contributed by atoms with Crippen molar-refractivity contribution in [1.29, 1.82) is 0 Å². The molecule has 0 spiro atoms. The lowest BCUT2D eigenvalue weighted by Gasteiger charge is -2.15. The van der Waals surface area contributed by atoms with Crippen LogP contribution in [0, 0.1) is 0 Å². The molecule has 0 radical (unpaired) electrons. The Bertz CT molecular complexity index is 1510. The van der Waals surface area contributed by atoms with E-state index in [-0.39, 0.29) is 0 Å². The van der Waals surface area contributed by atoms with Crippen LogP contribution in [0.3, 0.4) is 0 Å². The second-order valence-electron chi connectivity index (χ2n) is 7.80. The highest BCUT2D eigenvalue weighted by Crippen LogP contribution is 2.40. The molecule has 0 heterocycles. The zero-order valence-electron chi connectivity index (χ0n) is 16.5. The summed E-state index contributed by atoms with van der Waals surface area (Å²) in [6, 6.07) is 43.8. The minimum absolute atomic E-state index is 1.25. The monoisotopic (exact) mass is 380 g/mol. The van der Waals surface area contributed by atoms with E-state index in [4.69, 9.17) is 0 Å². The van der Waals surface area contributed by atoms with Crippen LogP contribution in [0.2, 0.25) is 0 Å². The van der Waals surface area contributed by atoms with Crippen LogP contribution in [-0.4, -0.2) is 0 Å². The molecule has 0 fully saturated rings. The molecule has 0 nitrogen and oxygen atoms in total. The highest BCUT2D eigenvalue weighted by molar-refractivity contribution is 6.17. The van der Waals surface area contributed by atoms with Crippen LogP contribution in [0.15, 0.2) is 121 Å². The molecule has 6 aromatic rings. The first-order valence-electron chi connectivity index (χ1n) is 10.4. The standard InChI is InChI=1S/C30H20/c1-3-10-21(11-4-1)26-17-9-15-24-19-25-18-23-14-7-8-16-27(23)30(29(25)20-28(24)26)22-12-5-2-6-13-22/h1-20H. The summed E-state index contributed by atoms with van der Waals surface area (Å²) in [6.07, 6.45) is 0. The molecule has 0 heteroatoms. The van der Waals surface area contributed by atoms with Crippen molar-refractivity contribution < 1.29 is 0 Å². The maximum absolute atomic E-state index is 2.39. The van der Waals surface area contributed by atoms with Gasteiger partial charge < -0.3 is 0 Å². The molecule has 0 aliphatic carbocycles. The van der Waals surface area contributed by atoms with Crippen LogP contribution in [0.4, 0.5) is 0 Å². The van der Waals surface area contributed by atoms with Gasteiger partial charge in [-0.1, -0.05) is 103 Å². The summed E-state index contributed by atoms with van der Waals surface area (Å²) < 4.78 is 0. The molecule has 0 amide bonds. The first-order chi connectivity index (χ1) is 14.9. The van der Waals surface area contributed by atoms with Gasteiger partial charge in [0.05, 0.1) is 0 Å². The predicted octanol–water partition coefficient (Wildman–Crippen LogP) is 8.48. The summed E-state index contributed by atoms with van der Waals surface area (Å²) >= 11 is 0. The minimum atomic E-state index is 1.25. The number of benzene rings is 6. The zero-order valence-corrected chi connectivity index (χ0v) is 16.5. The van der Waals surface area contributed by atoms with Crippen molar-refractivity contribution in [3.63, 3.8) is 0 Å². The van der Waals surface area contributed by atoms with E-state index in [1.807, 2.05) is 0 Å². The second kappa shape index (κ2) is 6.86. The predicted molar refractivity (Wildman–Crippen MR) is 130 cm³/mol. The Morgan fingerprint density at radius 2 is 0.933 bits per heavy atom. The fourth-order valence-corrected chi connectivity index (χ4v) is 4.63. The third kappa shape index (κ3) is 2.69. The van der Waals surface area contributed by atoms with E-state index in [1.165, 1.54) is 54.6 Å². The van der Waals surface area contributed by atoms with E-state index in [9.17, 15) is 0 Å². The summed E-state index contributed by atoms with van der Waals surface area (Å²) in [6.45, 7) is 0. The Hall–Kier alpha value is -3.90. The molecule has 0 atom stereocenters. The number of hydrogen-bond donors (Lipinski definition) is 0. The van der Waals surface area contributed by atoms with Gasteiger partial charge in [0.1, 0.15) is 0 Å². The molecule has 30 heavy (non-hydrogen) atoms. The van der Waals surface area contributed by atoms with Crippen molar-refractivity contribution >= 4 is 32.3 Å². The summed E-state index contributed by atoms with van der Waals surface area (Å²) in [5, 5.41) is 7.73. The summed E-state index contributed by atoms with van der Waals surface area (Å²) in [4.78, 5) is 0. The summed E-state index contributed by atoms with van der Waals surface area (Å²) in [5.74, 6) is 0. The van der Waals surface area contributed by atoms with Crippen LogP contribution in [-0.2, 0) is 0 Å². The van der Waals surface area contributed by atoms with E-state index in [0.29, 0.717) is 0 Å². The van der Waals surface area contributed by atoms with Crippen molar-refractivity contribution in [3.05, 3.63) is 121 Å². The van der Waals surface area contributed by atoms with Crippen LogP contribution in [0.25, 0.3) is 54.6 Å². The maximum atomic E-state index is 2.39. The Kier molecular flexibility index (Phi) is 3.89. The molecule has 0 saturated heterocycles. The molecular formula is C30H20. The van der Waals surface area contributed by atoms with Crippen LogP contribution < -0.4 is 0 Å². The van der Waals surface area contributed by atoms with Gasteiger partial charge in [-0.25, -0.2) is 0 Å². The second-order valence-corrected chi connectivity index (χ2v) is 7.80. The van der Waals surface area contributed by atoms with E-state index < -0.39 is 0 Å². The molecule has 0 unspecified atom stereocenters. The van der Waals surface area contributed by atoms with Gasteiger partial charge in [0.15, 0.2) is 0 Å². The molecule has 0 aliphatic rings. The Morgan fingerprint density at radius 1 is 0.333 bits per heavy atom. The van der Waals surface area contributed by atoms with Crippen molar-refractivity contribution in [1.82, 2.24) is 0 Å². The van der Waals surface area contributed by atoms with E-state index >= 15 is 0 Å². The SMILES string of the molecule is c1ccc(-c2cccc3cc4cc5ccccc5c(-c5ccccc5)c4cc23)cc1. The minimum Gasteiger partial charge on any atom is -0.0622 e. The Morgan fingerprint density at radius 3 is 1.70 bits per heavy atom. The van der Waals surface area contributed by atoms with Gasteiger partial charge in [0, 0.05) is 0 Å². The number of hydrogen-bond acceptors (Lipinski definition) is 0. The summed E-state index contributed by atoms with van der Waals surface area (Å²) in [7, 11) is 0. The van der Waals surface area contributed by atoms with Crippen molar-refractivity contribution in [2.24, 2.45) is 0 Å². The molecule has 0 N–H and O–H groups in total. The molecule has 6 rings (SSSR count). The van der Waals surface area contributed by atoms with Crippen molar-refractivity contribution in [2.75, 3.05) is 0 Å². The highest BCUT2D eigenvalue weighted by Gasteiger charge is 2.12. The van der Waals surface area contributed by atoms with Crippen LogP contribution in [0.1, 0.15) is 0 Å². The lowest BCUT2D eigenvalue weighted by molar-refractivity contribution is 1.65. The molecule has 0 aromatic heterocycles. The first kappa shape index (κ1) is 17.0. The van der Waals surface area contributed by atoms with Gasteiger partial charge >= 0.3 is 0 Å². The zero-order chi connectivity index (χ0) is 19.9. The highest BCUT2D eigenvalue weighted by atomic mass is 14.2. The molecule has 0 bridgehead atoms. The van der Waals surface area contributed by atoms with Crippen molar-refractivity contribution in [2.45, 2.75) is 0 Å². The number of rotatable bonds is 2. The topological polar surface area (TPSA) is 0 Å². The lowest BCUT2D eigenvalue weighted by Crippen LogP contribution is -1.88. The lowest BCUT2D eigenvalue weighted by atomic mass is 9.89. The molecular weight excluding hydrogens is 360 g/mol. The third-order valence-corrected chi connectivity index (χ3v) is 6.01. The molecule has 140 valence electrons. The maximum Gasteiger partial charge on any atom is -0.00266 e. The quantitative estimate of drug-likeness (QED) is 0.264. The van der Waals surface area contributed by atoms with Crippen molar-refractivity contribution in [3.8, 4) is 22.3 Å². The van der Waals surface area contributed by atoms with Crippen LogP contribution in [0.5, 0.6) is 0 Å². The molecule has 0 aliphatic heterocycles. The fraction of sp³-hybridized carbons (Fsp3) is 0. The van der Waals surface area contributed by atoms with Gasteiger partial charge in [-0.15, -0.1) is 0 Å². The molecule has 6 aromatic carbocycles. The average Bonchev–Trinajstić information content (AvgIpc) is 2.82. The smallest absolute Gasteiger partial charge is 0.00266 e. The molecule has 0 saturated carbocycles. The van der Waals surface area contributed by atoms with Gasteiger partial charge in [0.25, 0.3) is 0 Å². The fourth-order valence-electron chi connectivity index (χ4n) is 4.63. The van der Waals surface area contributed by atoms with E-state index in [2.05, 4.69) is 121 Å². The third-order valence-electron chi connectivity index (χ3n) is 6.01. The van der Waals surface area contributed by atoms with Gasteiger partial charge in [-0.05, 0) is 72.8 Å². The van der Waals surface area contributed by atoms with Gasteiger partial charge in [0.2, 0.25) is 0 Å². The Labute approximate surface area is 176 Å². The Balaban J connectivity index is 1.78. The van der Waals surface area contributed by atoms with E-state index in [1.54, 1.807) is 0 Å². The van der Waals surface area contributed by atoms with E-state index in [0.717, 1.165) is 0 Å². The van der Waals surface area contributed by atoms with Gasteiger partial charge in [-0.2, -0.15) is 0 Å².